The highest BCUT2D eigenvalue weighted by Crippen LogP contribution is 2.35. The monoisotopic (exact) mass is 334 g/mol. The Kier molecular flexibility index (Phi) is 8.47. The largest absolute Gasteiger partial charge is 0.394 e. The molecule has 0 saturated heterocycles. The molecule has 0 spiro atoms. The molecule has 1 aromatic carbocycles. The second-order valence-corrected chi connectivity index (χ2v) is 6.78. The maximum Gasteiger partial charge on any atom is 0.200 e. The van der Waals surface area contributed by atoms with Crippen molar-refractivity contribution in [3.8, 4) is 5.69 Å². The van der Waals surface area contributed by atoms with Crippen molar-refractivity contribution in [3.63, 3.8) is 0 Å². The summed E-state index contributed by atoms with van der Waals surface area (Å²) in [7, 11) is 0. The first-order valence-corrected chi connectivity index (χ1v) is 8.67. The van der Waals surface area contributed by atoms with Crippen LogP contribution in [0.3, 0.4) is 0 Å². The summed E-state index contributed by atoms with van der Waals surface area (Å²) in [5.41, 5.74) is 6.78. The molecular formula is C16H22N4S2. The van der Waals surface area contributed by atoms with Gasteiger partial charge in [0.1, 0.15) is 6.33 Å². The molecule has 2 N–H and O–H groups in total. The van der Waals surface area contributed by atoms with Crippen LogP contribution >= 0.6 is 23.5 Å². The van der Waals surface area contributed by atoms with Crippen LogP contribution in [0, 0.1) is 0 Å². The lowest BCUT2D eigenvalue weighted by Crippen LogP contribution is -1.95. The van der Waals surface area contributed by atoms with Gasteiger partial charge in [0.2, 0.25) is 5.16 Å². The van der Waals surface area contributed by atoms with Crippen LogP contribution in [0.4, 0.5) is 0 Å². The molecule has 2 rings (SSSR count). The van der Waals surface area contributed by atoms with Crippen molar-refractivity contribution in [2.45, 2.75) is 32.3 Å². The summed E-state index contributed by atoms with van der Waals surface area (Å²) in [5, 5.41) is 9.55. The van der Waals surface area contributed by atoms with E-state index >= 15 is 0 Å². The minimum absolute atomic E-state index is 0.725. The Morgan fingerprint density at radius 3 is 2.55 bits per heavy atom. The number of nitrogens with zero attached hydrogens (tertiary/aromatic N) is 3. The number of thioether (sulfide) groups is 2. The lowest BCUT2D eigenvalue weighted by atomic mass is 10.3. The summed E-state index contributed by atoms with van der Waals surface area (Å²) < 4.78 is 2.78. The molecule has 0 radical (unpaired) electrons. The summed E-state index contributed by atoms with van der Waals surface area (Å²) in [6, 6.07) is 9.94. The SMILES string of the molecule is C=C(S/C(N)=C\C)Sc1nncn1-c1ccccc1.CCC. The zero-order valence-corrected chi connectivity index (χ0v) is 14.8. The van der Waals surface area contributed by atoms with E-state index in [0.29, 0.717) is 0 Å². The van der Waals surface area contributed by atoms with Crippen LogP contribution in [-0.4, -0.2) is 14.8 Å². The van der Waals surface area contributed by atoms with Gasteiger partial charge in [0, 0.05) is 9.92 Å². The van der Waals surface area contributed by atoms with Gasteiger partial charge in [0.05, 0.1) is 5.03 Å². The molecule has 0 aliphatic carbocycles. The highest BCUT2D eigenvalue weighted by Gasteiger charge is 2.09. The summed E-state index contributed by atoms with van der Waals surface area (Å²) in [5.74, 6) is 0. The number of rotatable bonds is 5. The number of para-hydroxylation sites is 1. The van der Waals surface area contributed by atoms with Crippen LogP contribution in [0.1, 0.15) is 27.2 Å². The van der Waals surface area contributed by atoms with E-state index in [1.165, 1.54) is 29.9 Å². The Labute approximate surface area is 140 Å². The number of hydrogen-bond acceptors (Lipinski definition) is 5. The molecule has 0 aliphatic heterocycles. The molecule has 1 heterocycles. The molecule has 6 heteroatoms. The van der Waals surface area contributed by atoms with Gasteiger partial charge in [-0.3, -0.25) is 4.57 Å². The van der Waals surface area contributed by atoms with Gasteiger partial charge in [-0.15, -0.1) is 10.2 Å². The van der Waals surface area contributed by atoms with Crippen molar-refractivity contribution >= 4 is 23.5 Å². The zero-order valence-electron chi connectivity index (χ0n) is 13.2. The van der Waals surface area contributed by atoms with Crippen LogP contribution in [0.15, 0.2) is 63.7 Å². The van der Waals surface area contributed by atoms with Gasteiger partial charge in [-0.1, -0.05) is 62.9 Å². The van der Waals surface area contributed by atoms with Gasteiger partial charge >= 0.3 is 0 Å². The van der Waals surface area contributed by atoms with Gasteiger partial charge in [-0.25, -0.2) is 0 Å². The van der Waals surface area contributed by atoms with Gasteiger partial charge < -0.3 is 5.73 Å². The van der Waals surface area contributed by atoms with E-state index in [0.717, 1.165) is 20.1 Å². The maximum atomic E-state index is 5.76. The lowest BCUT2D eigenvalue weighted by Gasteiger charge is -2.07. The molecule has 1 aromatic heterocycles. The van der Waals surface area contributed by atoms with E-state index < -0.39 is 0 Å². The predicted octanol–water partition coefficient (Wildman–Crippen LogP) is 4.80. The fourth-order valence-corrected chi connectivity index (χ4v) is 2.97. The zero-order chi connectivity index (χ0) is 16.4. The van der Waals surface area contributed by atoms with Crippen LogP contribution in [0.2, 0.25) is 0 Å². The summed E-state index contributed by atoms with van der Waals surface area (Å²) >= 11 is 2.88. The molecule has 118 valence electrons. The van der Waals surface area contributed by atoms with Crippen LogP contribution < -0.4 is 5.73 Å². The average Bonchev–Trinajstić information content (AvgIpc) is 2.96. The topological polar surface area (TPSA) is 56.7 Å². The molecule has 2 aromatic rings. The molecule has 0 aliphatic rings. The van der Waals surface area contributed by atoms with Crippen molar-refractivity contribution in [3.05, 3.63) is 58.6 Å². The minimum Gasteiger partial charge on any atom is -0.394 e. The number of aromatic nitrogens is 3. The molecule has 0 unspecified atom stereocenters. The van der Waals surface area contributed by atoms with Crippen LogP contribution in [-0.2, 0) is 0 Å². The van der Waals surface area contributed by atoms with Gasteiger partial charge in [0.25, 0.3) is 0 Å². The third kappa shape index (κ3) is 5.99. The minimum atomic E-state index is 0.725. The highest BCUT2D eigenvalue weighted by molar-refractivity contribution is 8.23. The molecular weight excluding hydrogens is 312 g/mol. The fourth-order valence-electron chi connectivity index (χ4n) is 1.37. The predicted molar refractivity (Wildman–Crippen MR) is 97.9 cm³/mol. The fraction of sp³-hybridized carbons (Fsp3) is 0.250. The van der Waals surface area contributed by atoms with Gasteiger partial charge in [-0.05, 0) is 30.8 Å². The number of benzene rings is 1. The smallest absolute Gasteiger partial charge is 0.200 e. The first kappa shape index (κ1) is 18.4. The normalized spacial score (nSPS) is 10.8. The van der Waals surface area contributed by atoms with Crippen molar-refractivity contribution in [1.82, 2.24) is 14.8 Å². The molecule has 22 heavy (non-hydrogen) atoms. The molecule has 4 nitrogen and oxygen atoms in total. The van der Waals surface area contributed by atoms with Crippen LogP contribution in [0.25, 0.3) is 5.69 Å². The number of nitrogens with two attached hydrogens (primary N) is 1. The van der Waals surface area contributed by atoms with Crippen molar-refractivity contribution in [2.24, 2.45) is 5.73 Å². The highest BCUT2D eigenvalue weighted by atomic mass is 32.2. The molecule has 0 saturated carbocycles. The van der Waals surface area contributed by atoms with E-state index in [1.807, 2.05) is 47.9 Å². The second-order valence-electron chi connectivity index (χ2n) is 4.29. The van der Waals surface area contributed by atoms with E-state index in [-0.39, 0.29) is 0 Å². The van der Waals surface area contributed by atoms with Gasteiger partial charge in [0.15, 0.2) is 0 Å². The maximum absolute atomic E-state index is 5.76. The van der Waals surface area contributed by atoms with Crippen molar-refractivity contribution in [1.29, 1.82) is 0 Å². The van der Waals surface area contributed by atoms with Gasteiger partial charge in [-0.2, -0.15) is 0 Å². The van der Waals surface area contributed by atoms with E-state index in [1.54, 1.807) is 6.33 Å². The summed E-state index contributed by atoms with van der Waals surface area (Å²) in [4.78, 5) is 0. The Balaban J connectivity index is 0.000000745. The Morgan fingerprint density at radius 1 is 1.32 bits per heavy atom. The molecule has 0 atom stereocenters. The first-order valence-electron chi connectivity index (χ1n) is 7.04. The third-order valence-corrected chi connectivity index (χ3v) is 4.16. The molecule has 0 amide bonds. The Bertz CT molecular complexity index is 606. The van der Waals surface area contributed by atoms with E-state index in [9.17, 15) is 0 Å². The third-order valence-electron chi connectivity index (χ3n) is 2.27. The number of allylic oxidation sites excluding steroid dienone is 1. The lowest BCUT2D eigenvalue weighted by molar-refractivity contribution is 0.887. The van der Waals surface area contributed by atoms with E-state index in [4.69, 9.17) is 5.73 Å². The second kappa shape index (κ2) is 10.1. The Hall–Kier alpha value is -1.66. The molecule has 0 bridgehead atoms. The Morgan fingerprint density at radius 2 is 1.95 bits per heavy atom. The quantitative estimate of drug-likeness (QED) is 0.796. The van der Waals surface area contributed by atoms with E-state index in [2.05, 4.69) is 30.6 Å². The van der Waals surface area contributed by atoms with Crippen molar-refractivity contribution in [2.75, 3.05) is 0 Å². The number of hydrogen-bond donors (Lipinski definition) is 1. The molecule has 0 fully saturated rings. The first-order chi connectivity index (χ1) is 10.6. The summed E-state index contributed by atoms with van der Waals surface area (Å²) in [6.45, 7) is 10.1. The standard InChI is InChI=1S/C13H14N4S2.C3H8/c1-3-12(14)18-10(2)19-13-16-15-9-17(13)11-7-5-4-6-8-11;1-3-2/h3-9H,2,14H2,1H3;3H2,1-2H3/b12-3-;. The average molecular weight is 335 g/mol. The van der Waals surface area contributed by atoms with Crippen LogP contribution in [0.5, 0.6) is 0 Å². The summed E-state index contributed by atoms with van der Waals surface area (Å²) in [6.07, 6.45) is 4.78. The van der Waals surface area contributed by atoms with Crippen molar-refractivity contribution < 1.29 is 0 Å².